The van der Waals surface area contributed by atoms with Gasteiger partial charge in [0.2, 0.25) is 12.2 Å². The van der Waals surface area contributed by atoms with Crippen LogP contribution in [-0.4, -0.2) is 37.7 Å². The van der Waals surface area contributed by atoms with E-state index in [1.54, 1.807) is 4.68 Å². The molecule has 0 saturated heterocycles. The number of aliphatic hydroxyl groups is 1. The number of ether oxygens (including phenoxy) is 1. The highest BCUT2D eigenvalue weighted by atomic mass is 32.2. The predicted molar refractivity (Wildman–Crippen MR) is 106 cm³/mol. The topological polar surface area (TPSA) is 115 Å². The third-order valence-electron chi connectivity index (χ3n) is 5.81. The van der Waals surface area contributed by atoms with E-state index in [1.807, 2.05) is 6.92 Å². The lowest BCUT2D eigenvalue weighted by molar-refractivity contribution is 0.215. The van der Waals surface area contributed by atoms with Gasteiger partial charge in [-0.3, -0.25) is 0 Å². The molecule has 8 nitrogen and oxygen atoms in total. The summed E-state index contributed by atoms with van der Waals surface area (Å²) in [6.45, 7) is 2.41. The third kappa shape index (κ3) is 3.19. The van der Waals surface area contributed by atoms with Gasteiger partial charge >= 0.3 is 0 Å². The van der Waals surface area contributed by atoms with E-state index < -0.39 is 22.4 Å². The minimum atomic E-state index is -3.44. The summed E-state index contributed by atoms with van der Waals surface area (Å²) in [5, 5.41) is 23.6. The molecule has 0 bridgehead atoms. The number of hydrogen-bond donors (Lipinski definition) is 3. The van der Waals surface area contributed by atoms with Gasteiger partial charge < -0.3 is 15.2 Å². The number of alkyl halides is 1. The van der Waals surface area contributed by atoms with Gasteiger partial charge in [0.15, 0.2) is 0 Å². The van der Waals surface area contributed by atoms with Gasteiger partial charge in [-0.2, -0.15) is 9.46 Å². The van der Waals surface area contributed by atoms with Crippen molar-refractivity contribution in [2.45, 2.75) is 69.1 Å². The molecule has 2 aliphatic carbocycles. The van der Waals surface area contributed by atoms with E-state index in [9.17, 15) is 13.7 Å². The van der Waals surface area contributed by atoms with Gasteiger partial charge in [0.05, 0.1) is 12.7 Å². The van der Waals surface area contributed by atoms with E-state index in [2.05, 4.69) is 20.8 Å². The Morgan fingerprint density at radius 1 is 1.41 bits per heavy atom. The van der Waals surface area contributed by atoms with Gasteiger partial charge in [-0.1, -0.05) is 6.07 Å². The van der Waals surface area contributed by atoms with Crippen LogP contribution in [0.25, 0.3) is 0 Å². The van der Waals surface area contributed by atoms with Gasteiger partial charge in [-0.15, -0.1) is 0 Å². The van der Waals surface area contributed by atoms with E-state index in [1.165, 1.54) is 11.8 Å². The Labute approximate surface area is 168 Å². The number of aryl methyl sites for hydroxylation is 1. The van der Waals surface area contributed by atoms with Crippen LogP contribution in [0.4, 0.5) is 10.1 Å². The van der Waals surface area contributed by atoms with Crippen molar-refractivity contribution in [3.8, 4) is 5.88 Å². The first kappa shape index (κ1) is 18.8. The molecule has 1 aliphatic heterocycles. The van der Waals surface area contributed by atoms with Crippen molar-refractivity contribution in [1.82, 2.24) is 9.78 Å². The van der Waals surface area contributed by atoms with Crippen LogP contribution in [0.2, 0.25) is 0 Å². The van der Waals surface area contributed by atoms with Crippen LogP contribution in [0.15, 0.2) is 21.5 Å². The fraction of sp³-hybridized carbons (Fsp3) is 0.526. The molecular formula is C19H24FN5O3S. The van der Waals surface area contributed by atoms with Gasteiger partial charge in [-0.25, -0.2) is 18.4 Å². The summed E-state index contributed by atoms with van der Waals surface area (Å²) in [5.74, 6) is 0.322. The van der Waals surface area contributed by atoms with Crippen molar-refractivity contribution < 1.29 is 18.4 Å². The molecule has 0 saturated carbocycles. The molecule has 10 heteroatoms. The summed E-state index contributed by atoms with van der Waals surface area (Å²) in [6.07, 6.45) is 2.35. The molecule has 0 fully saturated rings. The highest BCUT2D eigenvalue weighted by Crippen LogP contribution is 2.39. The summed E-state index contributed by atoms with van der Waals surface area (Å²) in [4.78, 5) is 0.162. The molecule has 156 valence electrons. The number of aromatic nitrogens is 2. The number of aliphatic hydroxyl groups excluding tert-OH is 1. The summed E-state index contributed by atoms with van der Waals surface area (Å²) >= 11 is 0. The van der Waals surface area contributed by atoms with Crippen LogP contribution >= 0.6 is 0 Å². The molecule has 1 aromatic heterocycles. The number of nitrogens with two attached hydrogens (primary N) is 1. The first-order valence-electron chi connectivity index (χ1n) is 9.83. The maximum atomic E-state index is 14.0. The molecule has 0 radical (unpaired) electrons. The molecule has 5 rings (SSSR count). The van der Waals surface area contributed by atoms with Crippen molar-refractivity contribution in [3.63, 3.8) is 0 Å². The molecule has 2 heterocycles. The molecule has 3 aliphatic rings. The first-order valence-corrected chi connectivity index (χ1v) is 11.4. The number of fused-ring (bicyclic) bond motifs is 3. The Morgan fingerprint density at radius 3 is 3.07 bits per heavy atom. The van der Waals surface area contributed by atoms with E-state index in [0.717, 1.165) is 36.0 Å². The molecular weight excluding hydrogens is 397 g/mol. The molecule has 0 spiro atoms. The normalized spacial score (nSPS) is 25.0. The van der Waals surface area contributed by atoms with Crippen LogP contribution in [-0.2, 0) is 42.1 Å². The largest absolute Gasteiger partial charge is 0.472 e. The lowest BCUT2D eigenvalue weighted by Gasteiger charge is -2.19. The number of anilines is 1. The van der Waals surface area contributed by atoms with E-state index in [0.29, 0.717) is 31.0 Å². The van der Waals surface area contributed by atoms with E-state index in [-0.39, 0.29) is 11.0 Å². The standard InChI is InChI=1S/C19H24FN5O3S/c1-10-9-25-18(28-10)16(8-22-25)29(21,27)24-19(26)23-17-14-4-2-3-11(14)5-12-6-13(20)7-15(12)17/h5,8,10,13,19,23,26H,2-4,6-7,9H2,1H3,(H2,21,24,27)/t10-,13-,19?,29+/m1/s1. The second-order valence-corrected chi connectivity index (χ2v) is 9.79. The molecule has 2 aromatic rings. The summed E-state index contributed by atoms with van der Waals surface area (Å²) in [6, 6.07) is 2.09. The number of nitrogens with zero attached hydrogens (tertiary/aromatic N) is 3. The van der Waals surface area contributed by atoms with Crippen molar-refractivity contribution in [1.29, 1.82) is 0 Å². The van der Waals surface area contributed by atoms with Crippen LogP contribution in [0.5, 0.6) is 5.88 Å². The Bertz CT molecular complexity index is 1110. The van der Waals surface area contributed by atoms with Crippen LogP contribution in [0, 0.1) is 0 Å². The van der Waals surface area contributed by atoms with Crippen molar-refractivity contribution in [2.24, 2.45) is 9.50 Å². The minimum Gasteiger partial charge on any atom is -0.472 e. The number of hydrogen-bond acceptors (Lipinski definition) is 6. The zero-order valence-electron chi connectivity index (χ0n) is 16.1. The second-order valence-electron chi connectivity index (χ2n) is 8.00. The maximum absolute atomic E-state index is 14.0. The second kappa shape index (κ2) is 6.68. The highest BCUT2D eigenvalue weighted by Gasteiger charge is 2.31. The van der Waals surface area contributed by atoms with Crippen molar-refractivity contribution in [3.05, 3.63) is 34.5 Å². The monoisotopic (exact) mass is 421 g/mol. The Balaban J connectivity index is 1.48. The molecule has 1 unspecified atom stereocenters. The minimum absolute atomic E-state index is 0.0983. The van der Waals surface area contributed by atoms with Crippen LogP contribution in [0.3, 0.4) is 0 Å². The number of nitrogens with one attached hydrogen (secondary N) is 1. The summed E-state index contributed by atoms with van der Waals surface area (Å²) in [5.41, 5.74) is 4.82. The summed E-state index contributed by atoms with van der Waals surface area (Å²) < 4.78 is 38.2. The molecule has 1 aromatic carbocycles. The smallest absolute Gasteiger partial charge is 0.233 e. The Kier molecular flexibility index (Phi) is 4.34. The zero-order chi connectivity index (χ0) is 20.3. The van der Waals surface area contributed by atoms with Crippen molar-refractivity contribution in [2.75, 3.05) is 5.32 Å². The van der Waals surface area contributed by atoms with Gasteiger partial charge in [-0.05, 0) is 48.4 Å². The molecule has 29 heavy (non-hydrogen) atoms. The molecule has 4 N–H and O–H groups in total. The average Bonchev–Trinajstić information content (AvgIpc) is 3.36. The van der Waals surface area contributed by atoms with E-state index in [4.69, 9.17) is 9.88 Å². The fourth-order valence-corrected chi connectivity index (χ4v) is 5.68. The lowest BCUT2D eigenvalue weighted by atomic mass is 9.99. The average molecular weight is 421 g/mol. The maximum Gasteiger partial charge on any atom is 0.233 e. The molecule has 4 atom stereocenters. The quantitative estimate of drug-likeness (QED) is 0.650. The van der Waals surface area contributed by atoms with E-state index >= 15 is 0 Å². The first-order chi connectivity index (χ1) is 13.8. The highest BCUT2D eigenvalue weighted by molar-refractivity contribution is 7.91. The predicted octanol–water partition coefficient (Wildman–Crippen LogP) is 1.68. The summed E-state index contributed by atoms with van der Waals surface area (Å²) in [7, 11) is -3.44. The van der Waals surface area contributed by atoms with Gasteiger partial charge in [0.1, 0.15) is 27.1 Å². The third-order valence-corrected chi connectivity index (χ3v) is 7.24. The lowest BCUT2D eigenvalue weighted by Crippen LogP contribution is -2.24. The molecule has 0 amide bonds. The zero-order valence-corrected chi connectivity index (χ0v) is 16.9. The van der Waals surface area contributed by atoms with Crippen molar-refractivity contribution >= 4 is 15.6 Å². The fourth-order valence-electron chi connectivity index (χ4n) is 4.61. The SMILES string of the molecule is C[C@@H]1Cn2ncc([S@@](N)(=O)=NC(O)Nc3c4c(cc5c3C[C@H](F)C5)CCC4)c2O1. The number of benzene rings is 1. The number of halogens is 1. The Hall–Kier alpha value is -2.17. The Morgan fingerprint density at radius 2 is 2.24 bits per heavy atom. The van der Waals surface area contributed by atoms with Crippen LogP contribution in [0.1, 0.15) is 35.6 Å². The van der Waals surface area contributed by atoms with Gasteiger partial charge in [0, 0.05) is 18.5 Å². The number of rotatable bonds is 4. The van der Waals surface area contributed by atoms with Gasteiger partial charge in [0.25, 0.3) is 0 Å². The van der Waals surface area contributed by atoms with Crippen LogP contribution < -0.4 is 15.2 Å².